The van der Waals surface area contributed by atoms with Crippen molar-refractivity contribution < 1.29 is 14.3 Å². The van der Waals surface area contributed by atoms with Gasteiger partial charge in [-0.1, -0.05) is 24.3 Å². The van der Waals surface area contributed by atoms with Crippen LogP contribution in [0.1, 0.15) is 21.5 Å². The molecule has 0 saturated heterocycles. The Kier molecular flexibility index (Phi) is 4.09. The number of ether oxygens (including phenoxy) is 2. The average molecular weight is 373 g/mol. The van der Waals surface area contributed by atoms with Gasteiger partial charge in [-0.05, 0) is 41.8 Å². The summed E-state index contributed by atoms with van der Waals surface area (Å²) in [5.41, 5.74) is 4.64. The van der Waals surface area contributed by atoms with Gasteiger partial charge in [0.25, 0.3) is 5.91 Å². The Morgan fingerprint density at radius 1 is 1.07 bits per heavy atom. The van der Waals surface area contributed by atoms with Crippen LogP contribution in [0.4, 0.5) is 11.4 Å². The van der Waals surface area contributed by atoms with E-state index >= 15 is 0 Å². The highest BCUT2D eigenvalue weighted by Crippen LogP contribution is 2.33. The molecular weight excluding hydrogens is 354 g/mol. The Labute approximate surface area is 162 Å². The fourth-order valence-corrected chi connectivity index (χ4v) is 3.61. The lowest BCUT2D eigenvalue weighted by Crippen LogP contribution is -2.29. The molecule has 0 unspecified atom stereocenters. The molecule has 0 fully saturated rings. The molecule has 0 radical (unpaired) electrons. The smallest absolute Gasteiger partial charge is 0.259 e. The number of amides is 1. The molecule has 2 aliphatic rings. The predicted molar refractivity (Wildman–Crippen MR) is 106 cm³/mol. The molecule has 3 heterocycles. The van der Waals surface area contributed by atoms with Crippen LogP contribution in [-0.4, -0.2) is 24.2 Å². The van der Waals surface area contributed by atoms with Crippen molar-refractivity contribution in [1.29, 1.82) is 0 Å². The number of aromatic nitrogens is 1. The molecule has 140 valence electrons. The van der Waals surface area contributed by atoms with Gasteiger partial charge in [0.15, 0.2) is 11.5 Å². The van der Waals surface area contributed by atoms with E-state index in [4.69, 9.17) is 9.47 Å². The molecule has 6 nitrogen and oxygen atoms in total. The molecule has 28 heavy (non-hydrogen) atoms. The number of benzene rings is 2. The molecule has 2 aliphatic heterocycles. The highest BCUT2D eigenvalue weighted by molar-refractivity contribution is 6.07. The first kappa shape index (κ1) is 16.6. The minimum Gasteiger partial charge on any atom is -0.454 e. The molecule has 1 N–H and O–H groups in total. The molecule has 3 aromatic rings. The zero-order valence-electron chi connectivity index (χ0n) is 15.2. The second-order valence-electron chi connectivity index (χ2n) is 6.84. The summed E-state index contributed by atoms with van der Waals surface area (Å²) >= 11 is 0. The van der Waals surface area contributed by atoms with Crippen LogP contribution in [-0.2, 0) is 13.0 Å². The summed E-state index contributed by atoms with van der Waals surface area (Å²) in [5.74, 6) is 1.50. The van der Waals surface area contributed by atoms with Crippen LogP contribution in [0, 0.1) is 0 Å². The number of carbonyl (C=O) groups is 1. The van der Waals surface area contributed by atoms with Gasteiger partial charge in [-0.2, -0.15) is 0 Å². The van der Waals surface area contributed by atoms with E-state index in [9.17, 15) is 4.79 Å². The summed E-state index contributed by atoms with van der Waals surface area (Å²) in [6, 6.07) is 15.7. The summed E-state index contributed by atoms with van der Waals surface area (Å²) in [5, 5.41) is 3.33. The zero-order chi connectivity index (χ0) is 18.9. The minimum absolute atomic E-state index is 0.0239. The van der Waals surface area contributed by atoms with E-state index in [1.54, 1.807) is 12.4 Å². The lowest BCUT2D eigenvalue weighted by Gasteiger charge is -2.17. The number of pyridine rings is 1. The Balaban J connectivity index is 1.31. The van der Waals surface area contributed by atoms with Gasteiger partial charge in [-0.15, -0.1) is 0 Å². The van der Waals surface area contributed by atoms with E-state index in [0.29, 0.717) is 18.7 Å². The number of carbonyl (C=O) groups excluding carboxylic acids is 1. The van der Waals surface area contributed by atoms with Crippen molar-refractivity contribution in [1.82, 2.24) is 4.98 Å². The van der Waals surface area contributed by atoms with Gasteiger partial charge in [0.05, 0.1) is 11.3 Å². The molecule has 1 aromatic heterocycles. The summed E-state index contributed by atoms with van der Waals surface area (Å²) in [7, 11) is 0. The van der Waals surface area contributed by atoms with Crippen LogP contribution in [0.15, 0.2) is 60.9 Å². The summed E-state index contributed by atoms with van der Waals surface area (Å²) in [6.07, 6.45) is 4.23. The van der Waals surface area contributed by atoms with Crippen LogP contribution in [0.3, 0.4) is 0 Å². The number of rotatable bonds is 4. The lowest BCUT2D eigenvalue weighted by atomic mass is 10.1. The number of nitrogens with zero attached hydrogens (tertiary/aromatic N) is 2. The second kappa shape index (κ2) is 6.88. The quantitative estimate of drug-likeness (QED) is 0.757. The van der Waals surface area contributed by atoms with Crippen LogP contribution < -0.4 is 19.7 Å². The lowest BCUT2D eigenvalue weighted by molar-refractivity contribution is 0.0989. The molecule has 0 saturated carbocycles. The van der Waals surface area contributed by atoms with Gasteiger partial charge in [0, 0.05) is 31.2 Å². The van der Waals surface area contributed by atoms with Gasteiger partial charge in [0.1, 0.15) is 0 Å². The number of hydrogen-bond acceptors (Lipinski definition) is 5. The maximum absolute atomic E-state index is 13.0. The maximum atomic E-state index is 13.0. The number of anilines is 2. The SMILES string of the molecule is O=C(c1cncc(NCc2ccc3c(c2)OCO3)c1)N1CCc2ccccc21. The topological polar surface area (TPSA) is 63.7 Å². The molecule has 0 atom stereocenters. The van der Waals surface area contributed by atoms with Gasteiger partial charge < -0.3 is 19.7 Å². The van der Waals surface area contributed by atoms with Crippen molar-refractivity contribution >= 4 is 17.3 Å². The first-order chi connectivity index (χ1) is 13.8. The van der Waals surface area contributed by atoms with E-state index in [-0.39, 0.29) is 12.7 Å². The van der Waals surface area contributed by atoms with Crippen LogP contribution in [0.2, 0.25) is 0 Å². The second-order valence-corrected chi connectivity index (χ2v) is 6.84. The van der Waals surface area contributed by atoms with Crippen molar-refractivity contribution in [3.05, 3.63) is 77.6 Å². The van der Waals surface area contributed by atoms with E-state index < -0.39 is 0 Å². The van der Waals surface area contributed by atoms with Crippen molar-refractivity contribution in [2.45, 2.75) is 13.0 Å². The monoisotopic (exact) mass is 373 g/mol. The Hall–Kier alpha value is -3.54. The summed E-state index contributed by atoms with van der Waals surface area (Å²) in [6.45, 7) is 1.56. The minimum atomic E-state index is -0.0239. The highest BCUT2D eigenvalue weighted by atomic mass is 16.7. The van der Waals surface area contributed by atoms with Crippen LogP contribution in [0.25, 0.3) is 0 Å². The summed E-state index contributed by atoms with van der Waals surface area (Å²) in [4.78, 5) is 19.1. The van der Waals surface area contributed by atoms with E-state index in [2.05, 4.69) is 16.4 Å². The van der Waals surface area contributed by atoms with Crippen LogP contribution in [0.5, 0.6) is 11.5 Å². The Morgan fingerprint density at radius 3 is 2.93 bits per heavy atom. The first-order valence-corrected chi connectivity index (χ1v) is 9.25. The van der Waals surface area contributed by atoms with Crippen molar-refractivity contribution in [3.63, 3.8) is 0 Å². The van der Waals surface area contributed by atoms with Gasteiger partial charge >= 0.3 is 0 Å². The molecular formula is C22H19N3O3. The standard InChI is InChI=1S/C22H19N3O3/c26-22(25-8-7-16-3-1-2-4-19(16)25)17-10-18(13-23-12-17)24-11-15-5-6-20-21(9-15)28-14-27-20/h1-6,9-10,12-13,24H,7-8,11,14H2. The average Bonchev–Trinajstić information content (AvgIpc) is 3.38. The van der Waals surface area contributed by atoms with E-state index in [1.165, 1.54) is 5.56 Å². The maximum Gasteiger partial charge on any atom is 0.259 e. The van der Waals surface area contributed by atoms with Crippen molar-refractivity contribution in [2.75, 3.05) is 23.6 Å². The van der Waals surface area contributed by atoms with Gasteiger partial charge in [-0.25, -0.2) is 0 Å². The molecule has 0 bridgehead atoms. The largest absolute Gasteiger partial charge is 0.454 e. The zero-order valence-corrected chi connectivity index (χ0v) is 15.2. The number of fused-ring (bicyclic) bond motifs is 2. The molecule has 0 spiro atoms. The Morgan fingerprint density at radius 2 is 1.96 bits per heavy atom. The molecule has 0 aliphatic carbocycles. The highest BCUT2D eigenvalue weighted by Gasteiger charge is 2.25. The van der Waals surface area contributed by atoms with Crippen molar-refractivity contribution in [2.24, 2.45) is 0 Å². The number of nitrogens with one attached hydrogen (secondary N) is 1. The summed E-state index contributed by atoms with van der Waals surface area (Å²) < 4.78 is 10.8. The third kappa shape index (κ3) is 3.03. The third-order valence-electron chi connectivity index (χ3n) is 5.05. The van der Waals surface area contributed by atoms with E-state index in [0.717, 1.165) is 34.9 Å². The van der Waals surface area contributed by atoms with E-state index in [1.807, 2.05) is 47.4 Å². The van der Waals surface area contributed by atoms with Crippen LogP contribution >= 0.6 is 0 Å². The van der Waals surface area contributed by atoms with Gasteiger partial charge in [0.2, 0.25) is 6.79 Å². The molecule has 6 heteroatoms. The Bertz CT molecular complexity index is 1050. The molecule has 1 amide bonds. The first-order valence-electron chi connectivity index (χ1n) is 9.25. The number of para-hydroxylation sites is 1. The molecule has 5 rings (SSSR count). The fourth-order valence-electron chi connectivity index (χ4n) is 3.61. The van der Waals surface area contributed by atoms with Gasteiger partial charge in [-0.3, -0.25) is 9.78 Å². The third-order valence-corrected chi connectivity index (χ3v) is 5.05. The molecule has 2 aromatic carbocycles. The fraction of sp³-hybridized carbons (Fsp3) is 0.182. The number of hydrogen-bond donors (Lipinski definition) is 1. The predicted octanol–water partition coefficient (Wildman–Crippen LogP) is 3.63. The van der Waals surface area contributed by atoms with Crippen molar-refractivity contribution in [3.8, 4) is 11.5 Å². The normalized spacial score (nSPS) is 14.1.